The minimum absolute atomic E-state index is 0.138. The van der Waals surface area contributed by atoms with Crippen molar-refractivity contribution in [1.29, 1.82) is 5.26 Å². The minimum atomic E-state index is -3.14. The molecule has 1 aliphatic heterocycles. The average Bonchev–Trinajstić information content (AvgIpc) is 2.47. The average molecular weight is 322 g/mol. The number of piperidine rings is 1. The summed E-state index contributed by atoms with van der Waals surface area (Å²) in [6.45, 7) is 4.90. The number of hydrogen-bond acceptors (Lipinski definition) is 5. The summed E-state index contributed by atoms with van der Waals surface area (Å²) >= 11 is 0. The molecule has 0 aliphatic carbocycles. The third-order valence-corrected chi connectivity index (χ3v) is 5.87. The van der Waals surface area contributed by atoms with E-state index in [9.17, 15) is 8.42 Å². The third kappa shape index (κ3) is 4.42. The van der Waals surface area contributed by atoms with E-state index in [-0.39, 0.29) is 17.7 Å². The van der Waals surface area contributed by atoms with Gasteiger partial charge in [0.25, 0.3) is 0 Å². The lowest BCUT2D eigenvalue weighted by Crippen LogP contribution is -2.43. The number of nitriles is 1. The van der Waals surface area contributed by atoms with Crippen molar-refractivity contribution in [2.75, 3.05) is 24.2 Å². The fraction of sp³-hybridized carbons (Fsp3) is 0.600. The molecule has 0 unspecified atom stereocenters. The predicted octanol–water partition coefficient (Wildman–Crippen LogP) is 1.82. The highest BCUT2D eigenvalue weighted by atomic mass is 32.2. The van der Waals surface area contributed by atoms with Gasteiger partial charge in [-0.25, -0.2) is 17.7 Å². The summed E-state index contributed by atoms with van der Waals surface area (Å²) in [5.41, 5.74) is 0.564. The molecule has 120 valence electrons. The zero-order chi connectivity index (χ0) is 16.2. The highest BCUT2D eigenvalue weighted by molar-refractivity contribution is 7.89. The molecule has 0 atom stereocenters. The second-order valence-electron chi connectivity index (χ2n) is 6.03. The Kier molecular flexibility index (Phi) is 5.37. The first-order valence-corrected chi connectivity index (χ1v) is 9.12. The lowest BCUT2D eigenvalue weighted by molar-refractivity contribution is 0.328. The van der Waals surface area contributed by atoms with Crippen LogP contribution in [0.3, 0.4) is 0 Å². The maximum atomic E-state index is 12.2. The van der Waals surface area contributed by atoms with Crippen LogP contribution in [-0.2, 0) is 10.0 Å². The largest absolute Gasteiger partial charge is 0.367 e. The van der Waals surface area contributed by atoms with Crippen LogP contribution in [0.2, 0.25) is 0 Å². The molecule has 22 heavy (non-hydrogen) atoms. The zero-order valence-electron chi connectivity index (χ0n) is 13.0. The van der Waals surface area contributed by atoms with E-state index >= 15 is 0 Å². The molecule has 2 rings (SSSR count). The summed E-state index contributed by atoms with van der Waals surface area (Å²) in [7, 11) is -3.14. The van der Waals surface area contributed by atoms with Gasteiger partial charge in [0, 0.05) is 25.3 Å². The van der Waals surface area contributed by atoms with Crippen LogP contribution in [-0.4, -0.2) is 42.6 Å². The van der Waals surface area contributed by atoms with Gasteiger partial charge in [0.1, 0.15) is 5.82 Å². The Hall–Kier alpha value is -1.65. The fourth-order valence-corrected chi connectivity index (χ4v) is 4.41. The minimum Gasteiger partial charge on any atom is -0.367 e. The van der Waals surface area contributed by atoms with Crippen LogP contribution in [0, 0.1) is 17.2 Å². The normalized spacial score (nSPS) is 17.4. The maximum Gasteiger partial charge on any atom is 0.214 e. The Morgan fingerprint density at radius 3 is 2.73 bits per heavy atom. The van der Waals surface area contributed by atoms with Crippen LogP contribution >= 0.6 is 0 Å². The summed E-state index contributed by atoms with van der Waals surface area (Å²) in [4.78, 5) is 4.19. The van der Waals surface area contributed by atoms with Gasteiger partial charge in [-0.05, 0) is 30.9 Å². The van der Waals surface area contributed by atoms with Crippen LogP contribution < -0.4 is 5.32 Å². The molecule has 6 nitrogen and oxygen atoms in total. The molecule has 0 spiro atoms. The number of rotatable bonds is 5. The van der Waals surface area contributed by atoms with Crippen LogP contribution in [0.4, 0.5) is 5.82 Å². The molecule has 1 aliphatic rings. The van der Waals surface area contributed by atoms with Crippen molar-refractivity contribution in [3.63, 3.8) is 0 Å². The molecule has 1 saturated heterocycles. The van der Waals surface area contributed by atoms with Gasteiger partial charge in [0.2, 0.25) is 10.0 Å². The summed E-state index contributed by atoms with van der Waals surface area (Å²) in [5.74, 6) is 1.01. The Balaban J connectivity index is 1.91. The van der Waals surface area contributed by atoms with E-state index in [1.54, 1.807) is 22.6 Å². The van der Waals surface area contributed by atoms with Gasteiger partial charge in [-0.3, -0.25) is 0 Å². The van der Waals surface area contributed by atoms with Crippen LogP contribution in [0.15, 0.2) is 18.3 Å². The van der Waals surface area contributed by atoms with Crippen LogP contribution in [0.25, 0.3) is 0 Å². The molecule has 0 aromatic carbocycles. The van der Waals surface area contributed by atoms with Crippen molar-refractivity contribution in [3.8, 4) is 6.07 Å². The van der Waals surface area contributed by atoms with Gasteiger partial charge in [0.15, 0.2) is 0 Å². The molecular weight excluding hydrogens is 300 g/mol. The number of pyridine rings is 1. The lowest BCUT2D eigenvalue weighted by atomic mass is 10.1. The first-order valence-electron chi connectivity index (χ1n) is 7.51. The number of aromatic nitrogens is 1. The number of nitrogens with zero attached hydrogens (tertiary/aromatic N) is 3. The molecule has 0 amide bonds. The standard InChI is InChI=1S/C15H22N4O2S/c1-12(2)11-22(20,21)19-7-4-14(5-8-19)18-15-9-13(10-16)3-6-17-15/h3,6,9,12,14H,4-5,7-8,11H2,1-2H3,(H,17,18). The topological polar surface area (TPSA) is 86.1 Å². The molecule has 0 bridgehead atoms. The van der Waals surface area contributed by atoms with E-state index in [2.05, 4.69) is 16.4 Å². The SMILES string of the molecule is CC(C)CS(=O)(=O)N1CCC(Nc2cc(C#N)ccn2)CC1. The van der Waals surface area contributed by atoms with E-state index < -0.39 is 10.0 Å². The number of nitrogens with one attached hydrogen (secondary N) is 1. The van der Waals surface area contributed by atoms with Gasteiger partial charge in [0.05, 0.1) is 17.4 Å². The first kappa shape index (κ1) is 16.7. The monoisotopic (exact) mass is 322 g/mol. The quantitative estimate of drug-likeness (QED) is 0.893. The molecule has 1 aromatic rings. The summed E-state index contributed by atoms with van der Waals surface area (Å²) in [6.07, 6.45) is 3.09. The smallest absolute Gasteiger partial charge is 0.214 e. The molecule has 1 N–H and O–H groups in total. The molecular formula is C15H22N4O2S. The number of anilines is 1. The van der Waals surface area contributed by atoms with Gasteiger partial charge in [-0.2, -0.15) is 5.26 Å². The Morgan fingerprint density at radius 1 is 1.45 bits per heavy atom. The predicted molar refractivity (Wildman–Crippen MR) is 85.8 cm³/mol. The lowest BCUT2D eigenvalue weighted by Gasteiger charge is -2.32. The molecule has 1 fully saturated rings. The Labute approximate surface area is 132 Å². The van der Waals surface area contributed by atoms with E-state index in [1.807, 2.05) is 13.8 Å². The Morgan fingerprint density at radius 2 is 2.14 bits per heavy atom. The molecule has 0 saturated carbocycles. The van der Waals surface area contributed by atoms with E-state index in [1.165, 1.54) is 0 Å². The molecule has 2 heterocycles. The van der Waals surface area contributed by atoms with Crippen molar-refractivity contribution < 1.29 is 8.42 Å². The van der Waals surface area contributed by atoms with Crippen molar-refractivity contribution in [2.24, 2.45) is 5.92 Å². The second-order valence-corrected chi connectivity index (χ2v) is 8.05. The maximum absolute atomic E-state index is 12.2. The number of hydrogen-bond donors (Lipinski definition) is 1. The van der Waals surface area contributed by atoms with Gasteiger partial charge < -0.3 is 5.32 Å². The fourth-order valence-electron chi connectivity index (χ4n) is 2.59. The van der Waals surface area contributed by atoms with Gasteiger partial charge >= 0.3 is 0 Å². The molecule has 0 radical (unpaired) electrons. The summed E-state index contributed by atoms with van der Waals surface area (Å²) in [6, 6.07) is 5.64. The third-order valence-electron chi connectivity index (χ3n) is 3.63. The second kappa shape index (κ2) is 7.07. The van der Waals surface area contributed by atoms with Crippen LogP contribution in [0.5, 0.6) is 0 Å². The van der Waals surface area contributed by atoms with Crippen molar-refractivity contribution in [3.05, 3.63) is 23.9 Å². The Bertz CT molecular complexity index is 644. The van der Waals surface area contributed by atoms with Crippen molar-refractivity contribution in [1.82, 2.24) is 9.29 Å². The van der Waals surface area contributed by atoms with Crippen molar-refractivity contribution >= 4 is 15.8 Å². The van der Waals surface area contributed by atoms with Gasteiger partial charge in [-0.1, -0.05) is 13.8 Å². The van der Waals surface area contributed by atoms with Gasteiger partial charge in [-0.15, -0.1) is 0 Å². The first-order chi connectivity index (χ1) is 10.4. The zero-order valence-corrected chi connectivity index (χ0v) is 13.8. The molecule has 7 heteroatoms. The highest BCUT2D eigenvalue weighted by Gasteiger charge is 2.28. The van der Waals surface area contributed by atoms with E-state index in [0.717, 1.165) is 12.8 Å². The van der Waals surface area contributed by atoms with Crippen LogP contribution in [0.1, 0.15) is 32.3 Å². The summed E-state index contributed by atoms with van der Waals surface area (Å²) in [5, 5.41) is 12.2. The summed E-state index contributed by atoms with van der Waals surface area (Å²) < 4.78 is 26.0. The van der Waals surface area contributed by atoms with E-state index in [0.29, 0.717) is 24.5 Å². The molecule has 1 aromatic heterocycles. The van der Waals surface area contributed by atoms with Crippen molar-refractivity contribution in [2.45, 2.75) is 32.7 Å². The van der Waals surface area contributed by atoms with E-state index in [4.69, 9.17) is 5.26 Å². The number of sulfonamides is 1. The highest BCUT2D eigenvalue weighted by Crippen LogP contribution is 2.19.